The average molecular weight is 362 g/mol. The van der Waals surface area contributed by atoms with Gasteiger partial charge in [-0.3, -0.25) is 9.78 Å². The van der Waals surface area contributed by atoms with Crippen LogP contribution in [0.2, 0.25) is 0 Å². The molecule has 0 N–H and O–H groups in total. The number of alkyl halides is 3. The van der Waals surface area contributed by atoms with E-state index in [0.29, 0.717) is 6.54 Å². The summed E-state index contributed by atoms with van der Waals surface area (Å²) in [5, 5.41) is 0. The molecule has 26 heavy (non-hydrogen) atoms. The van der Waals surface area contributed by atoms with Crippen molar-refractivity contribution < 1.29 is 18.0 Å². The van der Waals surface area contributed by atoms with Crippen molar-refractivity contribution in [1.82, 2.24) is 9.88 Å². The third kappa shape index (κ3) is 4.62. The predicted octanol–water partition coefficient (Wildman–Crippen LogP) is 4.79. The van der Waals surface area contributed by atoms with Gasteiger partial charge in [-0.25, -0.2) is 0 Å². The highest BCUT2D eigenvalue weighted by Gasteiger charge is 2.33. The molecule has 3 rings (SSSR count). The van der Waals surface area contributed by atoms with Crippen LogP contribution in [-0.4, -0.2) is 21.8 Å². The Morgan fingerprint density at radius 2 is 1.92 bits per heavy atom. The Labute approximate surface area is 150 Å². The fourth-order valence-corrected chi connectivity index (χ4v) is 2.99. The molecule has 1 aliphatic rings. The van der Waals surface area contributed by atoms with E-state index < -0.39 is 11.7 Å². The molecule has 1 amide bonds. The average Bonchev–Trinajstić information content (AvgIpc) is 3.44. The van der Waals surface area contributed by atoms with E-state index in [2.05, 4.69) is 4.98 Å². The van der Waals surface area contributed by atoms with Crippen molar-refractivity contribution in [2.45, 2.75) is 50.9 Å². The summed E-state index contributed by atoms with van der Waals surface area (Å²) < 4.78 is 38.0. The zero-order chi connectivity index (χ0) is 18.7. The van der Waals surface area contributed by atoms with E-state index >= 15 is 0 Å². The highest BCUT2D eigenvalue weighted by molar-refractivity contribution is 5.77. The number of carbonyl (C=O) groups excluding carboxylic acids is 1. The van der Waals surface area contributed by atoms with Gasteiger partial charge in [0.2, 0.25) is 5.91 Å². The number of rotatable bonds is 6. The molecule has 1 aromatic carbocycles. The molecule has 1 saturated carbocycles. The topological polar surface area (TPSA) is 33.2 Å². The molecule has 1 unspecified atom stereocenters. The molecule has 138 valence electrons. The zero-order valence-corrected chi connectivity index (χ0v) is 14.5. The second-order valence-electron chi connectivity index (χ2n) is 6.84. The number of aromatic nitrogens is 1. The van der Waals surface area contributed by atoms with Crippen LogP contribution in [0.25, 0.3) is 0 Å². The Balaban J connectivity index is 1.65. The normalized spacial score (nSPS) is 15.5. The molecule has 0 spiro atoms. The van der Waals surface area contributed by atoms with Crippen LogP contribution in [0.1, 0.15) is 48.8 Å². The Morgan fingerprint density at radius 3 is 2.46 bits per heavy atom. The van der Waals surface area contributed by atoms with E-state index in [0.717, 1.165) is 36.1 Å². The Kier molecular flexibility index (Phi) is 5.30. The third-order valence-electron chi connectivity index (χ3n) is 4.67. The molecular weight excluding hydrogens is 341 g/mol. The minimum Gasteiger partial charge on any atom is -0.335 e. The summed E-state index contributed by atoms with van der Waals surface area (Å²) in [5.74, 6) is -0.108. The first-order valence-corrected chi connectivity index (χ1v) is 8.70. The molecule has 1 fully saturated rings. The van der Waals surface area contributed by atoms with Gasteiger partial charge in [0.25, 0.3) is 0 Å². The number of halogens is 3. The SMILES string of the molecule is CC(CC(=O)N(Cc1cccnc1)C1CC1)c1ccc(C(F)(F)F)cc1. The lowest BCUT2D eigenvalue weighted by atomic mass is 9.96. The molecule has 1 aliphatic carbocycles. The van der Waals surface area contributed by atoms with Crippen LogP contribution in [0.4, 0.5) is 13.2 Å². The summed E-state index contributed by atoms with van der Waals surface area (Å²) in [6.45, 7) is 2.40. The molecule has 0 bridgehead atoms. The lowest BCUT2D eigenvalue weighted by Crippen LogP contribution is -2.33. The monoisotopic (exact) mass is 362 g/mol. The van der Waals surface area contributed by atoms with Crippen molar-refractivity contribution in [3.05, 3.63) is 65.5 Å². The van der Waals surface area contributed by atoms with Gasteiger partial charge in [0, 0.05) is 31.4 Å². The van der Waals surface area contributed by atoms with Crippen LogP contribution in [-0.2, 0) is 17.5 Å². The van der Waals surface area contributed by atoms with E-state index in [4.69, 9.17) is 0 Å². The molecule has 0 saturated heterocycles. The first kappa shape index (κ1) is 18.4. The number of pyridine rings is 1. The fourth-order valence-electron chi connectivity index (χ4n) is 2.99. The highest BCUT2D eigenvalue weighted by atomic mass is 19.4. The van der Waals surface area contributed by atoms with Gasteiger partial charge in [-0.15, -0.1) is 0 Å². The Bertz CT molecular complexity index is 740. The van der Waals surface area contributed by atoms with Crippen molar-refractivity contribution in [2.24, 2.45) is 0 Å². The van der Waals surface area contributed by atoms with Gasteiger partial charge in [0.15, 0.2) is 0 Å². The third-order valence-corrected chi connectivity index (χ3v) is 4.67. The van der Waals surface area contributed by atoms with Crippen LogP contribution in [0, 0.1) is 0 Å². The minimum absolute atomic E-state index is 0.0313. The molecule has 1 atom stereocenters. The summed E-state index contributed by atoms with van der Waals surface area (Å²) in [5.41, 5.74) is 1.05. The Morgan fingerprint density at radius 1 is 1.23 bits per heavy atom. The van der Waals surface area contributed by atoms with E-state index in [1.807, 2.05) is 24.0 Å². The second kappa shape index (κ2) is 7.48. The Hall–Kier alpha value is -2.37. The number of hydrogen-bond acceptors (Lipinski definition) is 2. The van der Waals surface area contributed by atoms with E-state index in [9.17, 15) is 18.0 Å². The number of amides is 1. The fraction of sp³-hybridized carbons (Fsp3) is 0.400. The minimum atomic E-state index is -4.34. The van der Waals surface area contributed by atoms with Crippen molar-refractivity contribution >= 4 is 5.91 Å². The predicted molar refractivity (Wildman–Crippen MR) is 92.3 cm³/mol. The van der Waals surface area contributed by atoms with Gasteiger partial charge in [-0.1, -0.05) is 25.1 Å². The lowest BCUT2D eigenvalue weighted by molar-refractivity contribution is -0.137. The molecular formula is C20H21F3N2O. The lowest BCUT2D eigenvalue weighted by Gasteiger charge is -2.24. The quantitative estimate of drug-likeness (QED) is 0.741. The van der Waals surface area contributed by atoms with Crippen LogP contribution < -0.4 is 0 Å². The summed E-state index contributed by atoms with van der Waals surface area (Å²) in [6, 6.07) is 9.12. The van der Waals surface area contributed by atoms with Crippen LogP contribution >= 0.6 is 0 Å². The number of benzene rings is 1. The maximum absolute atomic E-state index is 12.8. The van der Waals surface area contributed by atoms with Gasteiger partial charge < -0.3 is 4.90 Å². The highest BCUT2D eigenvalue weighted by Crippen LogP contribution is 2.32. The van der Waals surface area contributed by atoms with Gasteiger partial charge >= 0.3 is 6.18 Å². The molecule has 1 aromatic heterocycles. The van der Waals surface area contributed by atoms with Crippen LogP contribution in [0.15, 0.2) is 48.8 Å². The van der Waals surface area contributed by atoms with E-state index in [1.54, 1.807) is 12.4 Å². The smallest absolute Gasteiger partial charge is 0.335 e. The number of nitrogens with zero attached hydrogens (tertiary/aromatic N) is 2. The largest absolute Gasteiger partial charge is 0.416 e. The standard InChI is InChI=1S/C20H21F3N2O/c1-14(16-4-6-17(7-5-16)20(21,22)23)11-19(26)25(18-8-9-18)13-15-3-2-10-24-12-15/h2-7,10,12,14,18H,8-9,11,13H2,1H3. The summed E-state index contributed by atoms with van der Waals surface area (Å²) in [7, 11) is 0. The molecule has 0 radical (unpaired) electrons. The van der Waals surface area contributed by atoms with E-state index in [-0.39, 0.29) is 24.3 Å². The van der Waals surface area contributed by atoms with Gasteiger partial charge in [0.1, 0.15) is 0 Å². The molecule has 6 heteroatoms. The molecule has 1 heterocycles. The van der Waals surface area contributed by atoms with E-state index in [1.165, 1.54) is 12.1 Å². The zero-order valence-electron chi connectivity index (χ0n) is 14.5. The molecule has 3 nitrogen and oxygen atoms in total. The van der Waals surface area contributed by atoms with Crippen molar-refractivity contribution in [3.8, 4) is 0 Å². The van der Waals surface area contributed by atoms with Gasteiger partial charge in [0.05, 0.1) is 5.56 Å². The summed E-state index contributed by atoms with van der Waals surface area (Å²) >= 11 is 0. The number of carbonyl (C=O) groups is 1. The second-order valence-corrected chi connectivity index (χ2v) is 6.84. The number of hydrogen-bond donors (Lipinski definition) is 0. The first-order chi connectivity index (χ1) is 12.3. The van der Waals surface area contributed by atoms with Gasteiger partial charge in [-0.05, 0) is 48.1 Å². The molecule has 0 aliphatic heterocycles. The van der Waals surface area contributed by atoms with Crippen molar-refractivity contribution in [2.75, 3.05) is 0 Å². The van der Waals surface area contributed by atoms with Crippen LogP contribution in [0.5, 0.6) is 0 Å². The molecule has 2 aromatic rings. The summed E-state index contributed by atoms with van der Waals surface area (Å²) in [6.07, 6.45) is 1.38. The maximum Gasteiger partial charge on any atom is 0.416 e. The maximum atomic E-state index is 12.8. The van der Waals surface area contributed by atoms with Gasteiger partial charge in [-0.2, -0.15) is 13.2 Å². The summed E-state index contributed by atoms with van der Waals surface area (Å²) in [4.78, 5) is 18.7. The first-order valence-electron chi connectivity index (χ1n) is 8.70. The van der Waals surface area contributed by atoms with Crippen molar-refractivity contribution in [1.29, 1.82) is 0 Å². The van der Waals surface area contributed by atoms with Crippen LogP contribution in [0.3, 0.4) is 0 Å². The van der Waals surface area contributed by atoms with Crippen molar-refractivity contribution in [3.63, 3.8) is 0 Å².